The third-order valence-electron chi connectivity index (χ3n) is 7.97. The number of hydrogen-bond acceptors (Lipinski definition) is 0. The summed E-state index contributed by atoms with van der Waals surface area (Å²) >= 11 is 1.69. The molecular formula is C37H52Cl2SiZr-2. The van der Waals surface area contributed by atoms with Crippen molar-refractivity contribution in [3.05, 3.63) is 76.5 Å². The molecule has 1 fully saturated rings. The van der Waals surface area contributed by atoms with Gasteiger partial charge in [0.1, 0.15) is 0 Å². The molecule has 0 amide bonds. The van der Waals surface area contributed by atoms with Crippen LogP contribution in [0.15, 0.2) is 59.3 Å². The van der Waals surface area contributed by atoms with Crippen molar-refractivity contribution in [2.75, 3.05) is 0 Å². The zero-order valence-corrected chi connectivity index (χ0v) is 32.5. The van der Waals surface area contributed by atoms with Crippen molar-refractivity contribution in [2.24, 2.45) is 5.92 Å². The molecule has 1 saturated carbocycles. The molecule has 3 aromatic carbocycles. The van der Waals surface area contributed by atoms with Crippen LogP contribution in [0.1, 0.15) is 98.6 Å². The molecule has 0 nitrogen and oxygen atoms in total. The average molecular weight is 687 g/mol. The standard InChI is InChI=1S/C21H25.C10H17Si.C6H10.2ClH.Zr/c1-20(2,3)16-7-9-18-14(12-16)11-15-13-17(21(4,5)6)8-10-19(15)18;1-8-6-9(2)10(7-8)11(3,4)5;1-2-4-6-5-3-1;;;/h7-13H,1-6H3;7-8H,1-5H3;1-5H2;2*1H;/q2*-1;;;;+2/p-2. The van der Waals surface area contributed by atoms with Gasteiger partial charge in [0.15, 0.2) is 0 Å². The zero-order valence-electron chi connectivity index (χ0n) is 27.5. The van der Waals surface area contributed by atoms with E-state index in [2.05, 4.69) is 130 Å². The average Bonchev–Trinajstić information content (AvgIpc) is 3.37. The molecule has 0 aliphatic heterocycles. The number of hydrogen-bond donors (Lipinski definition) is 0. The van der Waals surface area contributed by atoms with Crippen molar-refractivity contribution < 1.29 is 49.0 Å². The third-order valence-corrected chi connectivity index (χ3v) is 11.4. The Morgan fingerprint density at radius 2 is 1.22 bits per heavy atom. The third kappa shape index (κ3) is 10.8. The van der Waals surface area contributed by atoms with E-state index in [1.807, 2.05) is 0 Å². The monoisotopic (exact) mass is 684 g/mol. The summed E-state index contributed by atoms with van der Waals surface area (Å²) in [5, 5.41) is 7.08. The molecule has 0 N–H and O–H groups in total. The van der Waals surface area contributed by atoms with Crippen LogP contribution in [-0.2, 0) is 35.1 Å². The van der Waals surface area contributed by atoms with Gasteiger partial charge in [0, 0.05) is 0 Å². The Morgan fingerprint density at radius 3 is 1.49 bits per heavy atom. The van der Waals surface area contributed by atoms with Crippen molar-refractivity contribution >= 4 is 32.8 Å². The predicted molar refractivity (Wildman–Crippen MR) is 176 cm³/mol. The van der Waals surface area contributed by atoms with Crippen LogP contribution in [0.3, 0.4) is 0 Å². The number of allylic oxidation sites excluding steroid dienone is 4. The van der Waals surface area contributed by atoms with Crippen LogP contribution in [0, 0.1) is 12.0 Å². The Kier molecular flexibility index (Phi) is 14.4. The van der Waals surface area contributed by atoms with Crippen LogP contribution in [0.25, 0.3) is 21.5 Å². The van der Waals surface area contributed by atoms with Gasteiger partial charge >= 0.3 is 59.5 Å². The summed E-state index contributed by atoms with van der Waals surface area (Å²) in [6.07, 6.45) is 13.1. The fraction of sp³-hybridized carbons (Fsp3) is 0.514. The zero-order chi connectivity index (χ0) is 29.2. The van der Waals surface area contributed by atoms with Crippen LogP contribution in [-0.4, -0.2) is 11.3 Å². The summed E-state index contributed by atoms with van der Waals surface area (Å²) in [6, 6.07) is 16.2. The molecule has 4 heteroatoms. The molecule has 3 aromatic rings. The Morgan fingerprint density at radius 1 is 0.780 bits per heavy atom. The van der Waals surface area contributed by atoms with E-state index in [9.17, 15) is 0 Å². The predicted octanol–water partition coefficient (Wildman–Crippen LogP) is 5.17. The number of fused-ring (bicyclic) bond motifs is 3. The van der Waals surface area contributed by atoms with Gasteiger partial charge in [-0.3, -0.25) is 6.08 Å². The summed E-state index contributed by atoms with van der Waals surface area (Å²) in [5.41, 5.74) is 4.61. The normalized spacial score (nSPS) is 17.4. The quantitative estimate of drug-likeness (QED) is 0.245. The molecule has 0 bridgehead atoms. The molecule has 1 unspecified atom stereocenters. The molecule has 5 rings (SSSR count). The van der Waals surface area contributed by atoms with E-state index < -0.39 is 8.07 Å². The molecule has 2 aliphatic carbocycles. The molecule has 2 aliphatic rings. The first kappa shape index (κ1) is 38.4. The molecule has 1 atom stereocenters. The topological polar surface area (TPSA) is 0 Å². The molecular weight excluding hydrogens is 635 g/mol. The van der Waals surface area contributed by atoms with E-state index in [4.69, 9.17) is 0 Å². The fourth-order valence-corrected chi connectivity index (χ4v) is 8.40. The van der Waals surface area contributed by atoms with Crippen LogP contribution in [0.2, 0.25) is 19.6 Å². The maximum atomic E-state index is 3.43. The SMILES string of the molecule is CC(C)(C)c1ccc2c(c1)[cH-]c1cc(C(C)(C)C)ccc12.CC1=[C-]C(C)C=C1[Si](C)(C)C.[Cl-].[Cl-].[Zr+2]=[C]1CCCCC1. The van der Waals surface area contributed by atoms with E-state index >= 15 is 0 Å². The van der Waals surface area contributed by atoms with Gasteiger partial charge in [0.2, 0.25) is 0 Å². The van der Waals surface area contributed by atoms with Crippen molar-refractivity contribution in [1.82, 2.24) is 0 Å². The minimum absolute atomic E-state index is 0. The Balaban J connectivity index is 0.000000353. The molecule has 0 spiro atoms. The van der Waals surface area contributed by atoms with Gasteiger partial charge in [0.05, 0.1) is 0 Å². The molecule has 0 aromatic heterocycles. The van der Waals surface area contributed by atoms with Crippen molar-refractivity contribution in [2.45, 2.75) is 118 Å². The first-order valence-corrected chi connectivity index (χ1v) is 19.7. The Labute approximate surface area is 280 Å². The Hall–Kier alpha value is -0.660. The van der Waals surface area contributed by atoms with E-state index in [1.165, 1.54) is 70.3 Å². The van der Waals surface area contributed by atoms with Crippen LogP contribution in [0.4, 0.5) is 0 Å². The van der Waals surface area contributed by atoms with Crippen molar-refractivity contribution in [1.29, 1.82) is 0 Å². The molecule has 0 saturated heterocycles. The van der Waals surface area contributed by atoms with E-state index in [0.717, 1.165) is 0 Å². The fourth-order valence-electron chi connectivity index (χ4n) is 5.58. The molecule has 224 valence electrons. The molecule has 0 radical (unpaired) electrons. The summed E-state index contributed by atoms with van der Waals surface area (Å²) in [6.45, 7) is 25.2. The molecule has 0 heterocycles. The summed E-state index contributed by atoms with van der Waals surface area (Å²) in [5.74, 6) is 0.553. The summed E-state index contributed by atoms with van der Waals surface area (Å²) < 4.78 is 1.80. The second-order valence-corrected chi connectivity index (χ2v) is 21.6. The number of rotatable bonds is 1. The van der Waals surface area contributed by atoms with Gasteiger partial charge in [-0.25, -0.2) is 10.8 Å². The maximum absolute atomic E-state index is 3.43. The summed E-state index contributed by atoms with van der Waals surface area (Å²) in [4.78, 5) is 0. The van der Waals surface area contributed by atoms with E-state index in [0.29, 0.717) is 5.92 Å². The van der Waals surface area contributed by atoms with Gasteiger partial charge in [-0.2, -0.15) is 6.08 Å². The van der Waals surface area contributed by atoms with Crippen LogP contribution in [0.5, 0.6) is 0 Å². The van der Waals surface area contributed by atoms with Gasteiger partial charge in [0.25, 0.3) is 0 Å². The number of benzene rings is 2. The van der Waals surface area contributed by atoms with Crippen LogP contribution >= 0.6 is 0 Å². The van der Waals surface area contributed by atoms with Gasteiger partial charge in [-0.05, 0) is 18.9 Å². The van der Waals surface area contributed by atoms with Gasteiger partial charge in [-0.15, -0.1) is 39.7 Å². The number of halogens is 2. The molecule has 41 heavy (non-hydrogen) atoms. The van der Waals surface area contributed by atoms with E-state index in [1.54, 1.807) is 32.6 Å². The van der Waals surface area contributed by atoms with E-state index in [-0.39, 0.29) is 35.6 Å². The van der Waals surface area contributed by atoms with Crippen LogP contribution < -0.4 is 24.8 Å². The van der Waals surface area contributed by atoms with Gasteiger partial charge in [-0.1, -0.05) is 116 Å². The first-order valence-electron chi connectivity index (χ1n) is 15.0. The summed E-state index contributed by atoms with van der Waals surface area (Å²) in [7, 11) is -1.07. The second kappa shape index (κ2) is 15.4. The Bertz CT molecular complexity index is 1290. The minimum atomic E-state index is -1.07. The second-order valence-electron chi connectivity index (χ2n) is 14.8. The first-order chi connectivity index (χ1) is 18.0. The van der Waals surface area contributed by atoms with Crippen molar-refractivity contribution in [3.63, 3.8) is 0 Å². The van der Waals surface area contributed by atoms with Crippen molar-refractivity contribution in [3.8, 4) is 0 Å². The van der Waals surface area contributed by atoms with Gasteiger partial charge < -0.3 is 24.8 Å².